The van der Waals surface area contributed by atoms with E-state index >= 15 is 0 Å². The normalized spacial score (nSPS) is 17.0. The molecule has 1 unspecified atom stereocenters. The Balaban J connectivity index is 2.14. The molecule has 1 heterocycles. The first kappa shape index (κ1) is 14.6. The maximum Gasteiger partial charge on any atom is 0.167 e. The summed E-state index contributed by atoms with van der Waals surface area (Å²) in [6, 6.07) is 3.57. The highest BCUT2D eigenvalue weighted by atomic mass is 35.5. The van der Waals surface area contributed by atoms with Crippen LogP contribution in [0.3, 0.4) is 0 Å². The highest BCUT2D eigenvalue weighted by Gasteiger charge is 2.28. The zero-order chi connectivity index (χ0) is 15.0. The van der Waals surface area contributed by atoms with Gasteiger partial charge in [0.25, 0.3) is 0 Å². The van der Waals surface area contributed by atoms with Crippen LogP contribution in [0.5, 0.6) is 5.75 Å². The van der Waals surface area contributed by atoms with Crippen molar-refractivity contribution in [3.63, 3.8) is 0 Å². The van der Waals surface area contributed by atoms with Crippen LogP contribution in [0.15, 0.2) is 12.1 Å². The van der Waals surface area contributed by atoms with Crippen LogP contribution in [0.2, 0.25) is 0 Å². The quantitative estimate of drug-likeness (QED) is 0.769. The molecule has 2 aromatic rings. The molecule has 1 fully saturated rings. The van der Waals surface area contributed by atoms with E-state index in [0.29, 0.717) is 29.8 Å². The van der Waals surface area contributed by atoms with Crippen molar-refractivity contribution in [2.75, 3.05) is 13.0 Å². The number of hydrogen-bond acceptors (Lipinski definition) is 2. The van der Waals surface area contributed by atoms with Crippen molar-refractivity contribution in [2.45, 2.75) is 38.6 Å². The number of imidazole rings is 1. The van der Waals surface area contributed by atoms with Gasteiger partial charge >= 0.3 is 0 Å². The van der Waals surface area contributed by atoms with Gasteiger partial charge in [0.2, 0.25) is 0 Å². The Morgan fingerprint density at radius 2 is 2.24 bits per heavy atom. The Bertz CT molecular complexity index is 651. The maximum absolute atomic E-state index is 13.9. The van der Waals surface area contributed by atoms with E-state index in [9.17, 15) is 4.39 Å². The first-order valence-electron chi connectivity index (χ1n) is 7.46. The summed E-state index contributed by atoms with van der Waals surface area (Å²) in [4.78, 5) is 4.58. The van der Waals surface area contributed by atoms with Crippen LogP contribution >= 0.6 is 11.6 Å². The molecule has 0 radical (unpaired) electrons. The van der Waals surface area contributed by atoms with Crippen LogP contribution in [0.1, 0.15) is 38.1 Å². The van der Waals surface area contributed by atoms with E-state index < -0.39 is 0 Å². The molecule has 0 amide bonds. The molecule has 3 nitrogen and oxygen atoms in total. The number of hydrogen-bond donors (Lipinski definition) is 0. The molecule has 5 heteroatoms. The fourth-order valence-corrected chi connectivity index (χ4v) is 3.32. The molecule has 1 aliphatic carbocycles. The minimum absolute atomic E-state index is 0.266. The average Bonchev–Trinajstić information content (AvgIpc) is 2.72. The number of alkyl halides is 1. The molecule has 114 valence electrons. The molecule has 0 bridgehead atoms. The Morgan fingerprint density at radius 1 is 1.48 bits per heavy atom. The highest BCUT2D eigenvalue weighted by Crippen LogP contribution is 2.39. The summed E-state index contributed by atoms with van der Waals surface area (Å²) in [7, 11) is 1.49. The molecule has 1 aromatic heterocycles. The number of aromatic nitrogens is 2. The van der Waals surface area contributed by atoms with E-state index in [-0.39, 0.29) is 11.6 Å². The Kier molecular flexibility index (Phi) is 4.07. The van der Waals surface area contributed by atoms with Crippen molar-refractivity contribution >= 4 is 22.6 Å². The fourth-order valence-electron chi connectivity index (χ4n) is 3.15. The maximum atomic E-state index is 13.9. The molecule has 1 aromatic carbocycles. The predicted molar refractivity (Wildman–Crippen MR) is 82.7 cm³/mol. The summed E-state index contributed by atoms with van der Waals surface area (Å²) in [5, 5.41) is 0. The molecular weight excluding hydrogens is 291 g/mol. The third-order valence-corrected chi connectivity index (χ3v) is 4.78. The fraction of sp³-hybridized carbons (Fsp3) is 0.562. The Hall–Kier alpha value is -1.29. The second-order valence-corrected chi connectivity index (χ2v) is 6.12. The number of fused-ring (bicyclic) bond motifs is 1. The zero-order valence-corrected chi connectivity index (χ0v) is 13.2. The summed E-state index contributed by atoms with van der Waals surface area (Å²) in [6.07, 6.45) is 4.49. The van der Waals surface area contributed by atoms with Crippen LogP contribution < -0.4 is 4.74 Å². The first-order chi connectivity index (χ1) is 10.2. The van der Waals surface area contributed by atoms with E-state index in [1.54, 1.807) is 6.07 Å². The lowest BCUT2D eigenvalue weighted by Crippen LogP contribution is -2.24. The third kappa shape index (κ3) is 2.50. The van der Waals surface area contributed by atoms with E-state index in [1.165, 1.54) is 32.4 Å². The molecule has 1 atom stereocenters. The number of rotatable bonds is 5. The number of benzene rings is 1. The van der Waals surface area contributed by atoms with Gasteiger partial charge in [0, 0.05) is 30.5 Å². The smallest absolute Gasteiger partial charge is 0.167 e. The van der Waals surface area contributed by atoms with Crippen LogP contribution in [-0.2, 0) is 6.42 Å². The number of aryl methyl sites for hydroxylation is 1. The monoisotopic (exact) mass is 310 g/mol. The summed E-state index contributed by atoms with van der Waals surface area (Å²) >= 11 is 5.91. The van der Waals surface area contributed by atoms with Crippen molar-refractivity contribution < 1.29 is 9.13 Å². The lowest BCUT2D eigenvalue weighted by molar-refractivity contribution is 0.223. The molecule has 0 saturated heterocycles. The van der Waals surface area contributed by atoms with Gasteiger partial charge in [-0.15, -0.1) is 11.6 Å². The van der Waals surface area contributed by atoms with E-state index in [1.807, 2.05) is 0 Å². The van der Waals surface area contributed by atoms with Gasteiger partial charge in [-0.1, -0.05) is 6.42 Å². The second kappa shape index (κ2) is 5.84. The first-order valence-corrected chi connectivity index (χ1v) is 7.99. The second-order valence-electron chi connectivity index (χ2n) is 5.74. The summed E-state index contributed by atoms with van der Waals surface area (Å²) in [5.74, 6) is 2.02. The lowest BCUT2D eigenvalue weighted by atomic mass is 9.80. The number of methoxy groups -OCH3 is 1. The van der Waals surface area contributed by atoms with Gasteiger partial charge in [0.15, 0.2) is 11.6 Å². The van der Waals surface area contributed by atoms with E-state index in [4.69, 9.17) is 16.3 Å². The molecule has 1 saturated carbocycles. The van der Waals surface area contributed by atoms with Crippen LogP contribution in [0.25, 0.3) is 11.0 Å². The number of ether oxygens (including phenoxy) is 1. The molecule has 0 N–H and O–H groups in total. The molecule has 3 rings (SSSR count). The van der Waals surface area contributed by atoms with Gasteiger partial charge in [-0.25, -0.2) is 9.37 Å². The van der Waals surface area contributed by atoms with Crippen LogP contribution in [-0.4, -0.2) is 22.5 Å². The van der Waals surface area contributed by atoms with Gasteiger partial charge < -0.3 is 9.30 Å². The predicted octanol–water partition coefficient (Wildman–Crippen LogP) is 4.33. The van der Waals surface area contributed by atoms with Crippen LogP contribution in [0.4, 0.5) is 4.39 Å². The molecule has 0 spiro atoms. The van der Waals surface area contributed by atoms with E-state index in [2.05, 4.69) is 16.5 Å². The largest absolute Gasteiger partial charge is 0.494 e. The topological polar surface area (TPSA) is 27.1 Å². The van der Waals surface area contributed by atoms with Crippen molar-refractivity contribution in [1.82, 2.24) is 9.55 Å². The van der Waals surface area contributed by atoms with Crippen molar-refractivity contribution in [3.05, 3.63) is 23.8 Å². The summed E-state index contributed by atoms with van der Waals surface area (Å²) in [6.45, 7) is 2.22. The average molecular weight is 311 g/mol. The molecule has 0 aliphatic heterocycles. The Labute approximate surface area is 129 Å². The van der Waals surface area contributed by atoms with Crippen LogP contribution in [0, 0.1) is 11.7 Å². The van der Waals surface area contributed by atoms with Gasteiger partial charge in [0.1, 0.15) is 5.82 Å². The van der Waals surface area contributed by atoms with Crippen molar-refractivity contribution in [2.24, 2.45) is 5.92 Å². The number of nitrogens with zero attached hydrogens (tertiary/aromatic N) is 2. The van der Waals surface area contributed by atoms with E-state index in [0.717, 1.165) is 11.3 Å². The number of halogens is 2. The standard InChI is InChI=1S/C16H20ClFN2O/c1-10(11-4-3-5-11)20-14-9-15(21-2)12(18)8-13(14)19-16(20)6-7-17/h8-11H,3-7H2,1-2H3. The van der Waals surface area contributed by atoms with Gasteiger partial charge in [-0.05, 0) is 25.7 Å². The molecule has 1 aliphatic rings. The third-order valence-electron chi connectivity index (χ3n) is 4.59. The lowest BCUT2D eigenvalue weighted by Gasteiger charge is -2.33. The minimum atomic E-state index is -0.372. The SMILES string of the molecule is COc1cc2c(cc1F)nc(CCCl)n2C(C)C1CCC1. The Morgan fingerprint density at radius 3 is 2.81 bits per heavy atom. The van der Waals surface area contributed by atoms with Gasteiger partial charge in [-0.3, -0.25) is 0 Å². The minimum Gasteiger partial charge on any atom is -0.494 e. The van der Waals surface area contributed by atoms with Crippen molar-refractivity contribution in [3.8, 4) is 5.75 Å². The zero-order valence-electron chi connectivity index (χ0n) is 12.4. The van der Waals surface area contributed by atoms with Gasteiger partial charge in [0.05, 0.1) is 18.1 Å². The van der Waals surface area contributed by atoms with Crippen molar-refractivity contribution in [1.29, 1.82) is 0 Å². The highest BCUT2D eigenvalue weighted by molar-refractivity contribution is 6.17. The van der Waals surface area contributed by atoms with Gasteiger partial charge in [-0.2, -0.15) is 0 Å². The molecular formula is C16H20ClFN2O. The molecule has 21 heavy (non-hydrogen) atoms. The summed E-state index contributed by atoms with van der Waals surface area (Å²) < 4.78 is 21.2. The summed E-state index contributed by atoms with van der Waals surface area (Å²) in [5.41, 5.74) is 1.62.